The molecule has 0 spiro atoms. The van der Waals surface area contributed by atoms with Crippen molar-refractivity contribution in [1.29, 1.82) is 5.26 Å². The van der Waals surface area contributed by atoms with Gasteiger partial charge in [-0.15, -0.1) is 0 Å². The molecule has 3 nitrogen and oxygen atoms in total. The van der Waals surface area contributed by atoms with Gasteiger partial charge in [0.1, 0.15) is 0 Å². The van der Waals surface area contributed by atoms with Gasteiger partial charge in [-0.3, -0.25) is 4.79 Å². The summed E-state index contributed by atoms with van der Waals surface area (Å²) in [6.07, 6.45) is 4.11. The molecule has 0 aliphatic carbocycles. The second-order valence-electron chi connectivity index (χ2n) is 6.01. The Balaban J connectivity index is 1.68. The fourth-order valence-electron chi connectivity index (χ4n) is 3.27. The van der Waals surface area contributed by atoms with Crippen molar-refractivity contribution in [3.05, 3.63) is 71.3 Å². The molecule has 1 amide bonds. The number of hydrogen-bond acceptors (Lipinski definition) is 2. The first-order valence-electron chi connectivity index (χ1n) is 8.13. The average molecular weight is 304 g/mol. The average Bonchev–Trinajstić information content (AvgIpc) is 3.09. The lowest BCUT2D eigenvalue weighted by Gasteiger charge is -2.25. The molecular weight excluding hydrogens is 284 g/mol. The highest BCUT2D eigenvalue weighted by molar-refractivity contribution is 5.95. The molecule has 1 fully saturated rings. The van der Waals surface area contributed by atoms with Gasteiger partial charge in [0.15, 0.2) is 0 Å². The van der Waals surface area contributed by atoms with E-state index in [9.17, 15) is 4.79 Å². The quantitative estimate of drug-likeness (QED) is 0.862. The van der Waals surface area contributed by atoms with E-state index < -0.39 is 0 Å². The summed E-state index contributed by atoms with van der Waals surface area (Å²) in [4.78, 5) is 14.7. The van der Waals surface area contributed by atoms with Crippen LogP contribution in [0.4, 0.5) is 0 Å². The first-order chi connectivity index (χ1) is 11.3. The SMILES string of the molecule is N#Cc1cccc(C(=O)N2CCCC2CCc2ccccc2)c1. The van der Waals surface area contributed by atoms with Crippen LogP contribution in [0.5, 0.6) is 0 Å². The van der Waals surface area contributed by atoms with Crippen molar-refractivity contribution < 1.29 is 4.79 Å². The van der Waals surface area contributed by atoms with Crippen molar-refractivity contribution in [3.8, 4) is 6.07 Å². The number of aryl methyl sites for hydroxylation is 1. The third-order valence-electron chi connectivity index (χ3n) is 4.49. The largest absolute Gasteiger partial charge is 0.336 e. The summed E-state index contributed by atoms with van der Waals surface area (Å²) in [6.45, 7) is 0.815. The van der Waals surface area contributed by atoms with Gasteiger partial charge in [0.2, 0.25) is 0 Å². The van der Waals surface area contributed by atoms with Crippen molar-refractivity contribution in [2.75, 3.05) is 6.54 Å². The van der Waals surface area contributed by atoms with Crippen molar-refractivity contribution in [2.24, 2.45) is 0 Å². The van der Waals surface area contributed by atoms with Crippen LogP contribution in [-0.2, 0) is 6.42 Å². The zero-order valence-corrected chi connectivity index (χ0v) is 13.1. The maximum absolute atomic E-state index is 12.8. The van der Waals surface area contributed by atoms with Crippen molar-refractivity contribution in [2.45, 2.75) is 31.7 Å². The fraction of sp³-hybridized carbons (Fsp3) is 0.300. The van der Waals surface area contributed by atoms with E-state index in [0.29, 0.717) is 17.2 Å². The van der Waals surface area contributed by atoms with Crippen molar-refractivity contribution in [1.82, 2.24) is 4.90 Å². The second kappa shape index (κ2) is 7.11. The van der Waals surface area contributed by atoms with Gasteiger partial charge >= 0.3 is 0 Å². The van der Waals surface area contributed by atoms with E-state index in [-0.39, 0.29) is 5.91 Å². The molecule has 116 valence electrons. The zero-order chi connectivity index (χ0) is 16.1. The third kappa shape index (κ3) is 3.60. The summed E-state index contributed by atoms with van der Waals surface area (Å²) in [5, 5.41) is 9.00. The highest BCUT2D eigenvalue weighted by Crippen LogP contribution is 2.24. The Bertz CT molecular complexity index is 718. The first kappa shape index (κ1) is 15.3. The van der Waals surface area contributed by atoms with Gasteiger partial charge in [0, 0.05) is 18.2 Å². The topological polar surface area (TPSA) is 44.1 Å². The first-order valence-corrected chi connectivity index (χ1v) is 8.13. The van der Waals surface area contributed by atoms with Gasteiger partial charge in [-0.1, -0.05) is 36.4 Å². The minimum atomic E-state index is 0.0534. The van der Waals surface area contributed by atoms with Crippen LogP contribution in [0.15, 0.2) is 54.6 Å². The minimum Gasteiger partial charge on any atom is -0.336 e. The number of hydrogen-bond donors (Lipinski definition) is 0. The molecule has 2 aromatic carbocycles. The van der Waals surface area contributed by atoms with E-state index in [4.69, 9.17) is 5.26 Å². The standard InChI is InChI=1S/C20H20N2O/c21-15-17-8-4-9-18(14-17)20(23)22-13-5-10-19(22)12-11-16-6-2-1-3-7-16/h1-4,6-9,14,19H,5,10-13H2. The zero-order valence-electron chi connectivity index (χ0n) is 13.1. The summed E-state index contributed by atoms with van der Waals surface area (Å²) in [5.74, 6) is 0.0534. The Hall–Kier alpha value is -2.60. The lowest BCUT2D eigenvalue weighted by molar-refractivity contribution is 0.0730. The Morgan fingerprint density at radius 3 is 2.78 bits per heavy atom. The molecule has 2 aromatic rings. The van der Waals surface area contributed by atoms with Crippen molar-refractivity contribution >= 4 is 5.91 Å². The van der Waals surface area contributed by atoms with Gasteiger partial charge < -0.3 is 4.90 Å². The molecule has 1 heterocycles. The highest BCUT2D eigenvalue weighted by atomic mass is 16.2. The number of carbonyl (C=O) groups excluding carboxylic acids is 1. The van der Waals surface area contributed by atoms with E-state index in [1.54, 1.807) is 24.3 Å². The van der Waals surface area contributed by atoms with Gasteiger partial charge in [-0.25, -0.2) is 0 Å². The van der Waals surface area contributed by atoms with Gasteiger partial charge in [-0.2, -0.15) is 5.26 Å². The number of benzene rings is 2. The number of amides is 1. The molecule has 0 aromatic heterocycles. The highest BCUT2D eigenvalue weighted by Gasteiger charge is 2.29. The van der Waals surface area contributed by atoms with Gasteiger partial charge in [0.05, 0.1) is 11.6 Å². The summed E-state index contributed by atoms with van der Waals surface area (Å²) in [5.41, 5.74) is 2.48. The lowest BCUT2D eigenvalue weighted by atomic mass is 10.0. The number of nitriles is 1. The van der Waals surface area contributed by atoms with Gasteiger partial charge in [-0.05, 0) is 49.4 Å². The van der Waals surface area contributed by atoms with Crippen LogP contribution in [0.2, 0.25) is 0 Å². The minimum absolute atomic E-state index is 0.0534. The smallest absolute Gasteiger partial charge is 0.254 e. The molecule has 1 aliphatic heterocycles. The molecule has 1 aliphatic rings. The second-order valence-corrected chi connectivity index (χ2v) is 6.01. The van der Waals surface area contributed by atoms with Crippen LogP contribution in [0, 0.1) is 11.3 Å². The monoisotopic (exact) mass is 304 g/mol. The normalized spacial score (nSPS) is 17.0. The summed E-state index contributed by atoms with van der Waals surface area (Å²) in [6, 6.07) is 19.8. The third-order valence-corrected chi connectivity index (χ3v) is 4.49. The Morgan fingerprint density at radius 2 is 2.00 bits per heavy atom. The Kier molecular flexibility index (Phi) is 4.73. The number of nitrogens with zero attached hydrogens (tertiary/aromatic N) is 2. The fourth-order valence-corrected chi connectivity index (χ4v) is 3.27. The van der Waals surface area contributed by atoms with Crippen LogP contribution in [-0.4, -0.2) is 23.4 Å². The molecule has 1 saturated heterocycles. The van der Waals surface area contributed by atoms with Crippen LogP contribution in [0.1, 0.15) is 40.7 Å². The Morgan fingerprint density at radius 1 is 1.17 bits per heavy atom. The van der Waals surface area contributed by atoms with E-state index in [1.165, 1.54) is 5.56 Å². The van der Waals surface area contributed by atoms with Crippen LogP contribution in [0.25, 0.3) is 0 Å². The summed E-state index contributed by atoms with van der Waals surface area (Å²) < 4.78 is 0. The van der Waals surface area contributed by atoms with E-state index in [1.807, 2.05) is 11.0 Å². The molecule has 3 heteroatoms. The van der Waals surface area contributed by atoms with Crippen LogP contribution >= 0.6 is 0 Å². The number of rotatable bonds is 4. The molecule has 0 saturated carbocycles. The molecule has 23 heavy (non-hydrogen) atoms. The molecule has 1 atom stereocenters. The molecule has 0 bridgehead atoms. The van der Waals surface area contributed by atoms with E-state index in [2.05, 4.69) is 30.3 Å². The molecule has 0 radical (unpaired) electrons. The maximum Gasteiger partial charge on any atom is 0.254 e. The Labute approximate surface area is 137 Å². The van der Waals surface area contributed by atoms with Crippen LogP contribution < -0.4 is 0 Å². The molecule has 1 unspecified atom stereocenters. The predicted octanol–water partition coefficient (Wildman–Crippen LogP) is 3.80. The molecule has 3 rings (SSSR count). The van der Waals surface area contributed by atoms with E-state index in [0.717, 1.165) is 32.2 Å². The van der Waals surface area contributed by atoms with Gasteiger partial charge in [0.25, 0.3) is 5.91 Å². The van der Waals surface area contributed by atoms with E-state index >= 15 is 0 Å². The maximum atomic E-state index is 12.8. The summed E-state index contributed by atoms with van der Waals surface area (Å²) in [7, 11) is 0. The van der Waals surface area contributed by atoms with Crippen molar-refractivity contribution in [3.63, 3.8) is 0 Å². The summed E-state index contributed by atoms with van der Waals surface area (Å²) >= 11 is 0. The number of carbonyl (C=O) groups is 1. The molecule has 0 N–H and O–H groups in total. The number of likely N-dealkylation sites (tertiary alicyclic amines) is 1. The van der Waals surface area contributed by atoms with Crippen LogP contribution in [0.3, 0.4) is 0 Å². The predicted molar refractivity (Wildman–Crippen MR) is 90.0 cm³/mol. The lowest BCUT2D eigenvalue weighted by Crippen LogP contribution is -2.35. The molecular formula is C20H20N2O.